The lowest BCUT2D eigenvalue weighted by Gasteiger charge is -2.41. The van der Waals surface area contributed by atoms with Gasteiger partial charge in [-0.15, -0.1) is 0 Å². The highest BCUT2D eigenvalue weighted by Gasteiger charge is 2.46. The molecule has 176 valence electrons. The SMILES string of the molecule is COc1cc([C@@H]2O[C@H](CO)[C@H](O)[C@H](O)[C@H]2O)c(OC)cc1[C@H]1O[C@@H](C)[C@@H](O)[C@@H](O)[C@@H]1O. The van der Waals surface area contributed by atoms with Gasteiger partial charge in [0.25, 0.3) is 0 Å². The Morgan fingerprint density at radius 2 is 1.16 bits per heavy atom. The predicted molar refractivity (Wildman–Crippen MR) is 104 cm³/mol. The number of hydrogen-bond acceptors (Lipinski definition) is 11. The van der Waals surface area contributed by atoms with Crippen LogP contribution in [0.4, 0.5) is 0 Å². The zero-order valence-electron chi connectivity index (χ0n) is 17.4. The Balaban J connectivity index is 2.03. The summed E-state index contributed by atoms with van der Waals surface area (Å²) >= 11 is 0. The molecule has 1 aromatic rings. The van der Waals surface area contributed by atoms with Crippen LogP contribution in [0.1, 0.15) is 30.3 Å². The molecule has 0 aliphatic carbocycles. The van der Waals surface area contributed by atoms with Gasteiger partial charge in [0.05, 0.1) is 26.9 Å². The van der Waals surface area contributed by atoms with E-state index in [4.69, 9.17) is 18.9 Å². The lowest BCUT2D eigenvalue weighted by atomic mass is 9.87. The van der Waals surface area contributed by atoms with Gasteiger partial charge in [0.1, 0.15) is 66.4 Å². The van der Waals surface area contributed by atoms with E-state index in [0.717, 1.165) is 0 Å². The fraction of sp³-hybridized carbons (Fsp3) is 0.700. The molecule has 2 fully saturated rings. The number of ether oxygens (including phenoxy) is 4. The Morgan fingerprint density at radius 3 is 1.61 bits per heavy atom. The van der Waals surface area contributed by atoms with Crippen LogP contribution < -0.4 is 9.47 Å². The molecule has 0 bridgehead atoms. The second-order valence-electron chi connectivity index (χ2n) is 7.82. The summed E-state index contributed by atoms with van der Waals surface area (Å²) in [6.07, 6.45) is -12.9. The maximum absolute atomic E-state index is 10.5. The Kier molecular flexibility index (Phi) is 7.41. The van der Waals surface area contributed by atoms with Crippen molar-refractivity contribution in [2.75, 3.05) is 20.8 Å². The Morgan fingerprint density at radius 1 is 0.710 bits per heavy atom. The van der Waals surface area contributed by atoms with Crippen molar-refractivity contribution in [1.82, 2.24) is 0 Å². The zero-order chi connectivity index (χ0) is 23.0. The van der Waals surface area contributed by atoms with Gasteiger partial charge in [-0.05, 0) is 19.1 Å². The molecule has 2 heterocycles. The van der Waals surface area contributed by atoms with Gasteiger partial charge in [0.15, 0.2) is 0 Å². The van der Waals surface area contributed by atoms with Gasteiger partial charge in [0.2, 0.25) is 0 Å². The second-order valence-corrected chi connectivity index (χ2v) is 7.82. The van der Waals surface area contributed by atoms with E-state index in [9.17, 15) is 35.7 Å². The summed E-state index contributed by atoms with van der Waals surface area (Å²) in [6, 6.07) is 2.93. The summed E-state index contributed by atoms with van der Waals surface area (Å²) in [5, 5.41) is 70.7. The number of methoxy groups -OCH3 is 2. The lowest BCUT2D eigenvalue weighted by Crippen LogP contribution is -2.55. The van der Waals surface area contributed by atoms with Crippen molar-refractivity contribution < 1.29 is 54.7 Å². The number of rotatable bonds is 5. The minimum absolute atomic E-state index is 0.184. The van der Waals surface area contributed by atoms with E-state index in [-0.39, 0.29) is 17.1 Å². The average Bonchev–Trinajstić information content (AvgIpc) is 2.78. The molecule has 0 unspecified atom stereocenters. The van der Waals surface area contributed by atoms with Gasteiger partial charge in [-0.1, -0.05) is 0 Å². The lowest BCUT2D eigenvalue weighted by molar-refractivity contribution is -0.232. The molecule has 2 saturated heterocycles. The van der Waals surface area contributed by atoms with Crippen molar-refractivity contribution in [1.29, 1.82) is 0 Å². The molecule has 11 nitrogen and oxygen atoms in total. The predicted octanol–water partition coefficient (Wildman–Crippen LogP) is -2.24. The van der Waals surface area contributed by atoms with Crippen molar-refractivity contribution in [3.63, 3.8) is 0 Å². The molecule has 7 N–H and O–H groups in total. The van der Waals surface area contributed by atoms with Gasteiger partial charge in [0, 0.05) is 11.1 Å². The summed E-state index contributed by atoms with van der Waals surface area (Å²) in [6.45, 7) is 0.970. The Hall–Kier alpha value is -1.54. The van der Waals surface area contributed by atoms with E-state index in [0.29, 0.717) is 5.56 Å². The molecule has 10 atom stereocenters. The summed E-state index contributed by atoms with van der Waals surface area (Å²) < 4.78 is 22.2. The third-order valence-electron chi connectivity index (χ3n) is 5.94. The van der Waals surface area contributed by atoms with Crippen molar-refractivity contribution in [2.45, 2.75) is 68.0 Å². The molecule has 0 radical (unpaired) electrons. The molecule has 0 saturated carbocycles. The maximum Gasteiger partial charge on any atom is 0.125 e. The fourth-order valence-corrected chi connectivity index (χ4v) is 4.06. The Bertz CT molecular complexity index is 757. The van der Waals surface area contributed by atoms with E-state index in [1.165, 1.54) is 26.4 Å². The number of benzene rings is 1. The minimum atomic E-state index is -1.58. The van der Waals surface area contributed by atoms with E-state index in [1.54, 1.807) is 6.92 Å². The van der Waals surface area contributed by atoms with Gasteiger partial charge in [-0.3, -0.25) is 0 Å². The van der Waals surface area contributed by atoms with E-state index < -0.39 is 67.6 Å². The van der Waals surface area contributed by atoms with Crippen molar-refractivity contribution in [2.24, 2.45) is 0 Å². The molecule has 31 heavy (non-hydrogen) atoms. The van der Waals surface area contributed by atoms with Crippen LogP contribution in [-0.4, -0.2) is 105 Å². The fourth-order valence-electron chi connectivity index (χ4n) is 4.06. The Labute approximate surface area is 179 Å². The summed E-state index contributed by atoms with van der Waals surface area (Å²) in [4.78, 5) is 0. The molecule has 0 aromatic heterocycles. The summed E-state index contributed by atoms with van der Waals surface area (Å²) in [5.41, 5.74) is 0.580. The number of aliphatic hydroxyl groups is 7. The number of hydrogen-bond donors (Lipinski definition) is 7. The summed E-state index contributed by atoms with van der Waals surface area (Å²) in [7, 11) is 2.73. The van der Waals surface area contributed by atoms with Crippen LogP contribution >= 0.6 is 0 Å². The van der Waals surface area contributed by atoms with Crippen LogP contribution in [0.2, 0.25) is 0 Å². The molecule has 2 aliphatic heterocycles. The smallest absolute Gasteiger partial charge is 0.125 e. The second kappa shape index (κ2) is 9.53. The first-order chi connectivity index (χ1) is 14.7. The zero-order valence-corrected chi connectivity index (χ0v) is 17.4. The molecule has 0 spiro atoms. The van der Waals surface area contributed by atoms with Crippen molar-refractivity contribution in [3.05, 3.63) is 23.3 Å². The van der Waals surface area contributed by atoms with Gasteiger partial charge < -0.3 is 54.7 Å². The highest BCUT2D eigenvalue weighted by molar-refractivity contribution is 5.49. The average molecular weight is 446 g/mol. The van der Waals surface area contributed by atoms with Crippen molar-refractivity contribution in [3.8, 4) is 11.5 Å². The molecular formula is C20H30O11. The van der Waals surface area contributed by atoms with E-state index in [2.05, 4.69) is 0 Å². The minimum Gasteiger partial charge on any atom is -0.496 e. The van der Waals surface area contributed by atoms with Gasteiger partial charge in [-0.25, -0.2) is 0 Å². The largest absolute Gasteiger partial charge is 0.496 e. The van der Waals surface area contributed by atoms with E-state index >= 15 is 0 Å². The van der Waals surface area contributed by atoms with E-state index in [1.807, 2.05) is 0 Å². The van der Waals surface area contributed by atoms with Gasteiger partial charge >= 0.3 is 0 Å². The van der Waals surface area contributed by atoms with Gasteiger partial charge in [-0.2, -0.15) is 0 Å². The molecular weight excluding hydrogens is 416 g/mol. The highest BCUT2D eigenvalue weighted by atomic mass is 16.6. The standard InChI is InChI=1S/C20H30O11/c1-7-13(22)15(24)17(26)19(30-7)8-4-11(29-3)9(5-10(8)28-2)20-18(27)16(25)14(23)12(6-21)31-20/h4-5,7,12-27H,6H2,1-3H3/t7-,12+,13+,14-,15+,16-,17-,18+,19+,20-/m0/s1. The molecule has 1 aromatic carbocycles. The third kappa shape index (κ3) is 4.25. The van der Waals surface area contributed by atoms with Crippen LogP contribution in [0.15, 0.2) is 12.1 Å². The van der Waals surface area contributed by atoms with Crippen LogP contribution in [0.3, 0.4) is 0 Å². The quantitative estimate of drug-likeness (QED) is 0.260. The first-order valence-electron chi connectivity index (χ1n) is 9.92. The topological polar surface area (TPSA) is 179 Å². The molecule has 0 amide bonds. The van der Waals surface area contributed by atoms with Crippen LogP contribution in [0, 0.1) is 0 Å². The number of aliphatic hydroxyl groups excluding tert-OH is 7. The highest BCUT2D eigenvalue weighted by Crippen LogP contribution is 2.44. The van der Waals surface area contributed by atoms with Crippen LogP contribution in [-0.2, 0) is 9.47 Å². The first kappa shape index (κ1) is 24.1. The maximum atomic E-state index is 10.5. The van der Waals surface area contributed by atoms with Crippen molar-refractivity contribution >= 4 is 0 Å². The van der Waals surface area contributed by atoms with Crippen LogP contribution in [0.5, 0.6) is 11.5 Å². The summed E-state index contributed by atoms with van der Waals surface area (Å²) in [5.74, 6) is 0.386. The monoisotopic (exact) mass is 446 g/mol. The van der Waals surface area contributed by atoms with Crippen LogP contribution in [0.25, 0.3) is 0 Å². The molecule has 3 rings (SSSR count). The first-order valence-corrected chi connectivity index (χ1v) is 9.92. The third-order valence-corrected chi connectivity index (χ3v) is 5.94. The molecule has 2 aliphatic rings. The normalized spacial score (nSPS) is 41.1. The molecule has 11 heteroatoms.